The van der Waals surface area contributed by atoms with Crippen LogP contribution in [0.2, 0.25) is 5.02 Å². The molecule has 0 spiro atoms. The molecule has 0 bridgehead atoms. The minimum Gasteiger partial charge on any atom is -0.497 e. The smallest absolute Gasteiger partial charge is 0.265 e. The second-order valence-corrected chi connectivity index (χ2v) is 5.90. The SMILES string of the molecule is COc1ccc2[nH]cc(C3(O)C(=O)Nc4ccc(Cl)cc43)c2c1. The number of H-pyrrole nitrogens is 1. The summed E-state index contributed by atoms with van der Waals surface area (Å²) < 4.78 is 5.24. The molecule has 0 fully saturated rings. The fourth-order valence-electron chi connectivity index (χ4n) is 3.05. The molecule has 3 aromatic rings. The highest BCUT2D eigenvalue weighted by atomic mass is 35.5. The van der Waals surface area contributed by atoms with Crippen LogP contribution in [0.5, 0.6) is 5.75 Å². The van der Waals surface area contributed by atoms with Crippen molar-refractivity contribution in [3.63, 3.8) is 0 Å². The molecular weight excluding hydrogens is 316 g/mol. The molecule has 116 valence electrons. The molecule has 1 aliphatic rings. The highest BCUT2D eigenvalue weighted by Crippen LogP contribution is 2.44. The van der Waals surface area contributed by atoms with Gasteiger partial charge in [0.25, 0.3) is 5.91 Å². The molecule has 0 saturated carbocycles. The van der Waals surface area contributed by atoms with Gasteiger partial charge in [0.1, 0.15) is 5.75 Å². The summed E-state index contributed by atoms with van der Waals surface area (Å²) in [7, 11) is 1.57. The zero-order chi connectivity index (χ0) is 16.2. The van der Waals surface area contributed by atoms with Gasteiger partial charge in [0.2, 0.25) is 0 Å². The van der Waals surface area contributed by atoms with Crippen LogP contribution in [0.4, 0.5) is 5.69 Å². The molecule has 4 rings (SSSR count). The van der Waals surface area contributed by atoms with E-state index in [1.165, 1.54) is 0 Å². The highest BCUT2D eigenvalue weighted by Gasteiger charge is 2.48. The summed E-state index contributed by atoms with van der Waals surface area (Å²) in [5.74, 6) is 0.144. The first-order valence-electron chi connectivity index (χ1n) is 7.03. The molecule has 0 aliphatic carbocycles. The summed E-state index contributed by atoms with van der Waals surface area (Å²) >= 11 is 6.05. The number of amides is 1. The highest BCUT2D eigenvalue weighted by molar-refractivity contribution is 6.31. The molecule has 1 aliphatic heterocycles. The predicted octanol–water partition coefficient (Wildman–Crippen LogP) is 3.02. The minimum absolute atomic E-state index is 0.443. The number of benzene rings is 2. The molecule has 2 heterocycles. The predicted molar refractivity (Wildman–Crippen MR) is 87.9 cm³/mol. The number of aliphatic hydroxyl groups is 1. The fraction of sp³-hybridized carbons (Fsp3) is 0.118. The van der Waals surface area contributed by atoms with Crippen molar-refractivity contribution in [1.29, 1.82) is 0 Å². The number of halogens is 1. The van der Waals surface area contributed by atoms with Gasteiger partial charge in [0, 0.05) is 38.9 Å². The number of hydrogen-bond acceptors (Lipinski definition) is 3. The number of fused-ring (bicyclic) bond motifs is 2. The Labute approximate surface area is 136 Å². The van der Waals surface area contributed by atoms with Crippen molar-refractivity contribution in [2.24, 2.45) is 0 Å². The van der Waals surface area contributed by atoms with Crippen LogP contribution in [0.3, 0.4) is 0 Å². The summed E-state index contributed by atoms with van der Waals surface area (Å²) in [6.45, 7) is 0. The van der Waals surface area contributed by atoms with Crippen molar-refractivity contribution in [3.8, 4) is 5.75 Å². The zero-order valence-corrected chi connectivity index (χ0v) is 12.9. The van der Waals surface area contributed by atoms with Crippen LogP contribution >= 0.6 is 11.6 Å². The number of carbonyl (C=O) groups is 1. The second kappa shape index (κ2) is 4.75. The van der Waals surface area contributed by atoms with E-state index < -0.39 is 11.5 Å². The summed E-state index contributed by atoms with van der Waals surface area (Å²) in [6.07, 6.45) is 1.64. The number of aromatic amines is 1. The molecule has 1 unspecified atom stereocenters. The molecule has 3 N–H and O–H groups in total. The minimum atomic E-state index is -1.80. The number of anilines is 1. The van der Waals surface area contributed by atoms with Crippen LogP contribution in [0.1, 0.15) is 11.1 Å². The van der Waals surface area contributed by atoms with Crippen molar-refractivity contribution >= 4 is 34.1 Å². The van der Waals surface area contributed by atoms with Gasteiger partial charge in [0.05, 0.1) is 7.11 Å². The Balaban J connectivity index is 2.00. The molecule has 6 heteroatoms. The van der Waals surface area contributed by atoms with Crippen LogP contribution in [0, 0.1) is 0 Å². The van der Waals surface area contributed by atoms with Gasteiger partial charge in [-0.05, 0) is 36.4 Å². The van der Waals surface area contributed by atoms with Gasteiger partial charge in [-0.3, -0.25) is 4.79 Å². The van der Waals surface area contributed by atoms with E-state index in [2.05, 4.69) is 10.3 Å². The summed E-state index contributed by atoms with van der Waals surface area (Å²) in [6, 6.07) is 10.4. The van der Waals surface area contributed by atoms with Crippen molar-refractivity contribution in [2.75, 3.05) is 12.4 Å². The van der Waals surface area contributed by atoms with E-state index in [1.807, 2.05) is 12.1 Å². The standard InChI is InChI=1S/C17H13ClN2O3/c1-23-10-3-5-14-11(7-10)13(8-19-14)17(22)12-6-9(18)2-4-15(12)20-16(17)21/h2-8,19,22H,1H3,(H,20,21). The number of ether oxygens (including phenoxy) is 1. The quantitative estimate of drug-likeness (QED) is 0.677. The Morgan fingerprint density at radius 1 is 1.17 bits per heavy atom. The second-order valence-electron chi connectivity index (χ2n) is 5.47. The van der Waals surface area contributed by atoms with E-state index in [0.717, 1.165) is 10.9 Å². The monoisotopic (exact) mass is 328 g/mol. The third-order valence-corrected chi connectivity index (χ3v) is 4.46. The number of carbonyl (C=O) groups excluding carboxylic acids is 1. The largest absolute Gasteiger partial charge is 0.497 e. The summed E-state index contributed by atoms with van der Waals surface area (Å²) in [4.78, 5) is 15.6. The number of rotatable bonds is 2. The Morgan fingerprint density at radius 2 is 2.00 bits per heavy atom. The summed E-state index contributed by atoms with van der Waals surface area (Å²) in [5.41, 5.74) is 0.463. The Bertz CT molecular complexity index is 950. The number of methoxy groups -OCH3 is 1. The normalized spacial score (nSPS) is 19.7. The fourth-order valence-corrected chi connectivity index (χ4v) is 3.23. The zero-order valence-electron chi connectivity index (χ0n) is 12.2. The van der Waals surface area contributed by atoms with Gasteiger partial charge < -0.3 is 20.1 Å². The average molecular weight is 329 g/mol. The maximum atomic E-state index is 12.5. The maximum Gasteiger partial charge on any atom is 0.265 e. The van der Waals surface area contributed by atoms with Gasteiger partial charge >= 0.3 is 0 Å². The first kappa shape index (κ1) is 14.1. The number of hydrogen-bond donors (Lipinski definition) is 3. The molecule has 1 amide bonds. The van der Waals surface area contributed by atoms with Crippen LogP contribution in [-0.2, 0) is 10.4 Å². The first-order valence-corrected chi connectivity index (χ1v) is 7.41. The van der Waals surface area contributed by atoms with Crippen LogP contribution in [0.15, 0.2) is 42.6 Å². The van der Waals surface area contributed by atoms with Gasteiger partial charge in [-0.2, -0.15) is 0 Å². The van der Waals surface area contributed by atoms with E-state index in [0.29, 0.717) is 27.6 Å². The molecule has 1 atom stereocenters. The lowest BCUT2D eigenvalue weighted by molar-refractivity contribution is -0.129. The average Bonchev–Trinajstić information content (AvgIpc) is 3.08. The van der Waals surface area contributed by atoms with E-state index >= 15 is 0 Å². The van der Waals surface area contributed by atoms with Gasteiger partial charge in [-0.1, -0.05) is 11.6 Å². The maximum absolute atomic E-state index is 12.5. The van der Waals surface area contributed by atoms with Gasteiger partial charge in [0.15, 0.2) is 5.60 Å². The summed E-state index contributed by atoms with van der Waals surface area (Å²) in [5, 5.41) is 15.1. The lowest BCUT2D eigenvalue weighted by Crippen LogP contribution is -2.35. The van der Waals surface area contributed by atoms with E-state index in [9.17, 15) is 9.90 Å². The molecule has 5 nitrogen and oxygen atoms in total. The third kappa shape index (κ3) is 1.87. The van der Waals surface area contributed by atoms with Crippen molar-refractivity contribution in [1.82, 2.24) is 4.98 Å². The third-order valence-electron chi connectivity index (χ3n) is 4.23. The molecule has 1 aromatic heterocycles. The van der Waals surface area contributed by atoms with Crippen LogP contribution in [0.25, 0.3) is 10.9 Å². The molecular formula is C17H13ClN2O3. The molecule has 0 saturated heterocycles. The van der Waals surface area contributed by atoms with Crippen molar-refractivity contribution in [2.45, 2.75) is 5.60 Å². The van der Waals surface area contributed by atoms with E-state index in [-0.39, 0.29) is 0 Å². The van der Waals surface area contributed by atoms with Gasteiger partial charge in [-0.25, -0.2) is 0 Å². The van der Waals surface area contributed by atoms with E-state index in [1.54, 1.807) is 37.6 Å². The lowest BCUT2D eigenvalue weighted by Gasteiger charge is -2.20. The number of nitrogens with one attached hydrogen (secondary N) is 2. The Hall–Kier alpha value is -2.50. The van der Waals surface area contributed by atoms with Crippen LogP contribution < -0.4 is 10.1 Å². The van der Waals surface area contributed by atoms with Crippen molar-refractivity contribution in [3.05, 3.63) is 58.7 Å². The molecule has 2 aromatic carbocycles. The Morgan fingerprint density at radius 3 is 2.78 bits per heavy atom. The van der Waals surface area contributed by atoms with Crippen LogP contribution in [-0.4, -0.2) is 23.1 Å². The molecule has 23 heavy (non-hydrogen) atoms. The van der Waals surface area contributed by atoms with Crippen molar-refractivity contribution < 1.29 is 14.6 Å². The Kier molecular flexibility index (Phi) is 2.91. The first-order chi connectivity index (χ1) is 11.0. The topological polar surface area (TPSA) is 74.3 Å². The number of aromatic nitrogens is 1. The lowest BCUT2D eigenvalue weighted by atomic mass is 9.87. The molecule has 0 radical (unpaired) electrons. The van der Waals surface area contributed by atoms with Gasteiger partial charge in [-0.15, -0.1) is 0 Å². The van der Waals surface area contributed by atoms with E-state index in [4.69, 9.17) is 16.3 Å².